The maximum Gasteiger partial charge on any atom is 0.152 e. The Balaban J connectivity index is 2.74. The number of hydrogen-bond donors (Lipinski definition) is 1. The highest BCUT2D eigenvalue weighted by atomic mass is 16.5. The molecule has 0 aliphatic heterocycles. The minimum Gasteiger partial charge on any atom is -0.371 e. The molecule has 2 atom stereocenters. The molecule has 1 aromatic rings. The van der Waals surface area contributed by atoms with Crippen molar-refractivity contribution in [3.05, 3.63) is 12.2 Å². The third-order valence-electron chi connectivity index (χ3n) is 2.45. The first-order valence-electron chi connectivity index (χ1n) is 6.16. The zero-order valence-electron chi connectivity index (χ0n) is 11.5. The molecule has 0 saturated heterocycles. The van der Waals surface area contributed by atoms with Gasteiger partial charge in [-0.25, -0.2) is 0 Å². The van der Waals surface area contributed by atoms with Crippen LogP contribution in [0.15, 0.2) is 6.33 Å². The van der Waals surface area contributed by atoms with Crippen molar-refractivity contribution >= 4 is 0 Å². The predicted molar refractivity (Wildman–Crippen MR) is 67.5 cm³/mol. The minimum atomic E-state index is -0.247. The van der Waals surface area contributed by atoms with Gasteiger partial charge in [-0.3, -0.25) is 0 Å². The fraction of sp³-hybridized carbons (Fsp3) is 0.833. The Bertz CT molecular complexity index is 343. The Morgan fingerprint density at radius 3 is 2.65 bits per heavy atom. The molecule has 2 N–H and O–H groups in total. The van der Waals surface area contributed by atoms with Crippen molar-refractivity contribution in [3.8, 4) is 0 Å². The fourth-order valence-electron chi connectivity index (χ4n) is 1.78. The van der Waals surface area contributed by atoms with E-state index < -0.39 is 0 Å². The van der Waals surface area contributed by atoms with E-state index in [1.807, 2.05) is 32.3 Å². The lowest BCUT2D eigenvalue weighted by Gasteiger charge is -2.28. The number of nitrogens with two attached hydrogens (primary N) is 1. The lowest BCUT2D eigenvalue weighted by Crippen LogP contribution is -2.35. The molecule has 0 bridgehead atoms. The molecule has 0 spiro atoms. The van der Waals surface area contributed by atoms with Crippen molar-refractivity contribution in [2.45, 2.75) is 65.3 Å². The van der Waals surface area contributed by atoms with Crippen molar-refractivity contribution < 1.29 is 4.74 Å². The van der Waals surface area contributed by atoms with Crippen LogP contribution in [0.3, 0.4) is 0 Å². The molecule has 0 fully saturated rings. The van der Waals surface area contributed by atoms with Gasteiger partial charge in [0.2, 0.25) is 0 Å². The first kappa shape index (κ1) is 14.1. The summed E-state index contributed by atoms with van der Waals surface area (Å²) in [5.41, 5.74) is 5.97. The average molecular weight is 240 g/mol. The molecule has 1 aromatic heterocycles. The van der Waals surface area contributed by atoms with Crippen LogP contribution in [-0.2, 0) is 11.3 Å². The van der Waals surface area contributed by atoms with E-state index >= 15 is 0 Å². The van der Waals surface area contributed by atoms with Crippen LogP contribution in [0.2, 0.25) is 0 Å². The Morgan fingerprint density at radius 2 is 2.12 bits per heavy atom. The minimum absolute atomic E-state index is 0.0881. The highest BCUT2D eigenvalue weighted by Gasteiger charge is 2.25. The van der Waals surface area contributed by atoms with E-state index in [0.29, 0.717) is 0 Å². The van der Waals surface area contributed by atoms with E-state index in [2.05, 4.69) is 17.1 Å². The fourth-order valence-corrected chi connectivity index (χ4v) is 1.78. The number of aromatic nitrogens is 3. The Kier molecular flexibility index (Phi) is 4.65. The van der Waals surface area contributed by atoms with Crippen LogP contribution in [-0.4, -0.2) is 26.5 Å². The van der Waals surface area contributed by atoms with Gasteiger partial charge < -0.3 is 15.0 Å². The molecular formula is C12H24N4O. The van der Waals surface area contributed by atoms with Crippen molar-refractivity contribution in [1.82, 2.24) is 14.8 Å². The van der Waals surface area contributed by atoms with Crippen LogP contribution in [0, 0.1) is 0 Å². The number of nitrogens with zero attached hydrogens (tertiary/aromatic N) is 3. The van der Waals surface area contributed by atoms with Crippen LogP contribution >= 0.6 is 0 Å². The molecule has 0 amide bonds. The summed E-state index contributed by atoms with van der Waals surface area (Å²) in [6.07, 6.45) is 2.67. The zero-order valence-corrected chi connectivity index (χ0v) is 11.5. The molecule has 5 nitrogen and oxygen atoms in total. The summed E-state index contributed by atoms with van der Waals surface area (Å²) in [4.78, 5) is 0. The summed E-state index contributed by atoms with van der Waals surface area (Å²) in [7, 11) is 0. The molecule has 0 saturated carbocycles. The second kappa shape index (κ2) is 5.60. The molecule has 1 rings (SSSR count). The molecule has 17 heavy (non-hydrogen) atoms. The molecule has 5 heteroatoms. The summed E-state index contributed by atoms with van der Waals surface area (Å²) in [5, 5.41) is 8.01. The van der Waals surface area contributed by atoms with E-state index in [1.165, 1.54) is 0 Å². The maximum atomic E-state index is 6.17. The normalized spacial score (nSPS) is 15.9. The zero-order chi connectivity index (χ0) is 13.1. The van der Waals surface area contributed by atoms with Gasteiger partial charge in [-0.1, -0.05) is 6.92 Å². The van der Waals surface area contributed by atoms with Crippen LogP contribution in [0.4, 0.5) is 0 Å². The van der Waals surface area contributed by atoms with E-state index in [4.69, 9.17) is 10.5 Å². The third kappa shape index (κ3) is 4.09. The predicted octanol–water partition coefficient (Wildman–Crippen LogP) is 1.89. The van der Waals surface area contributed by atoms with Crippen molar-refractivity contribution in [2.24, 2.45) is 5.73 Å². The quantitative estimate of drug-likeness (QED) is 0.853. The van der Waals surface area contributed by atoms with Gasteiger partial charge >= 0.3 is 0 Å². The van der Waals surface area contributed by atoms with Gasteiger partial charge in [0.1, 0.15) is 6.33 Å². The molecule has 98 valence electrons. The second-order valence-electron chi connectivity index (χ2n) is 5.34. The summed E-state index contributed by atoms with van der Waals surface area (Å²) < 4.78 is 7.84. The summed E-state index contributed by atoms with van der Waals surface area (Å²) in [6, 6.07) is -0.247. The van der Waals surface area contributed by atoms with Gasteiger partial charge in [0.25, 0.3) is 0 Å². The Hall–Kier alpha value is -0.940. The Morgan fingerprint density at radius 1 is 1.47 bits per heavy atom. The first-order chi connectivity index (χ1) is 7.85. The van der Waals surface area contributed by atoms with Gasteiger partial charge in [-0.15, -0.1) is 10.2 Å². The lowest BCUT2D eigenvalue weighted by atomic mass is 10.1. The molecule has 0 radical (unpaired) electrons. The topological polar surface area (TPSA) is 66.0 Å². The monoisotopic (exact) mass is 240 g/mol. The van der Waals surface area contributed by atoms with Gasteiger partial charge in [0.05, 0.1) is 17.7 Å². The first-order valence-corrected chi connectivity index (χ1v) is 6.16. The Labute approximate surface area is 103 Å². The van der Waals surface area contributed by atoms with Gasteiger partial charge in [-0.2, -0.15) is 0 Å². The van der Waals surface area contributed by atoms with Gasteiger partial charge in [0.15, 0.2) is 5.82 Å². The highest BCUT2D eigenvalue weighted by Crippen LogP contribution is 2.20. The van der Waals surface area contributed by atoms with Crippen molar-refractivity contribution in [3.63, 3.8) is 0 Å². The molecule has 0 aliphatic carbocycles. The van der Waals surface area contributed by atoms with E-state index in [0.717, 1.165) is 18.8 Å². The summed E-state index contributed by atoms with van der Waals surface area (Å²) >= 11 is 0. The van der Waals surface area contributed by atoms with Gasteiger partial charge in [-0.05, 0) is 34.1 Å². The summed E-state index contributed by atoms with van der Waals surface area (Å²) in [6.45, 7) is 11.0. The smallest absolute Gasteiger partial charge is 0.152 e. The number of aryl methyl sites for hydroxylation is 1. The van der Waals surface area contributed by atoms with Gasteiger partial charge in [0, 0.05) is 6.54 Å². The van der Waals surface area contributed by atoms with Crippen LogP contribution in [0.25, 0.3) is 0 Å². The van der Waals surface area contributed by atoms with Crippen LogP contribution in [0.5, 0.6) is 0 Å². The third-order valence-corrected chi connectivity index (χ3v) is 2.45. The average Bonchev–Trinajstić information content (AvgIpc) is 2.62. The van der Waals surface area contributed by atoms with E-state index in [-0.39, 0.29) is 17.7 Å². The van der Waals surface area contributed by atoms with E-state index in [1.54, 1.807) is 6.33 Å². The second-order valence-corrected chi connectivity index (χ2v) is 5.34. The summed E-state index contributed by atoms with van der Waals surface area (Å²) in [5.74, 6) is 0.795. The van der Waals surface area contributed by atoms with Crippen molar-refractivity contribution in [1.29, 1.82) is 0 Å². The molecule has 0 unspecified atom stereocenters. The van der Waals surface area contributed by atoms with E-state index in [9.17, 15) is 0 Å². The largest absolute Gasteiger partial charge is 0.371 e. The number of ether oxygens (including phenoxy) is 1. The lowest BCUT2D eigenvalue weighted by molar-refractivity contribution is -0.0631. The number of hydrogen-bond acceptors (Lipinski definition) is 4. The molecular weight excluding hydrogens is 216 g/mol. The van der Waals surface area contributed by atoms with Crippen LogP contribution in [0.1, 0.15) is 52.9 Å². The molecule has 1 heterocycles. The SMILES string of the molecule is CCCn1cnnc1[C@@H](N)[C@@H](C)OC(C)(C)C. The maximum absolute atomic E-state index is 6.17. The molecule has 0 aromatic carbocycles. The molecule has 0 aliphatic rings. The van der Waals surface area contributed by atoms with Crippen molar-refractivity contribution in [2.75, 3.05) is 0 Å². The van der Waals surface area contributed by atoms with Crippen LogP contribution < -0.4 is 5.73 Å². The highest BCUT2D eigenvalue weighted by molar-refractivity contribution is 4.97. The number of rotatable bonds is 5. The standard InChI is InChI=1S/C12H24N4O/c1-6-7-16-8-14-15-11(16)10(13)9(2)17-12(3,4)5/h8-10H,6-7,13H2,1-5H3/t9-,10+/m1/s1.